The van der Waals surface area contributed by atoms with E-state index in [2.05, 4.69) is 29.0 Å². The van der Waals surface area contributed by atoms with Gasteiger partial charge in [-0.1, -0.05) is 26.2 Å². The molecule has 84 valence electrons. The summed E-state index contributed by atoms with van der Waals surface area (Å²) in [5.74, 6) is 1.14. The number of aromatic nitrogens is 1. The van der Waals surface area contributed by atoms with E-state index in [1.165, 1.54) is 42.8 Å². The van der Waals surface area contributed by atoms with Crippen LogP contribution in [0.3, 0.4) is 0 Å². The fraction of sp³-hybridized carbons (Fsp3) is 0.750. The van der Waals surface area contributed by atoms with Crippen molar-refractivity contribution in [3.8, 4) is 0 Å². The lowest BCUT2D eigenvalue weighted by Crippen LogP contribution is -1.94. The van der Waals surface area contributed by atoms with Crippen molar-refractivity contribution in [1.29, 1.82) is 0 Å². The molecule has 1 heterocycles. The smallest absolute Gasteiger partial charge is 0.103 e. The monoisotopic (exact) mass is 241 g/mol. The summed E-state index contributed by atoms with van der Waals surface area (Å²) in [4.78, 5) is 4.66. The summed E-state index contributed by atoms with van der Waals surface area (Å²) < 4.78 is 0. The third-order valence-corrected chi connectivity index (χ3v) is 5.31. The molecule has 2 rings (SSSR count). The number of hydrogen-bond acceptors (Lipinski definition) is 3. The van der Waals surface area contributed by atoms with E-state index in [0.717, 1.165) is 17.4 Å². The van der Waals surface area contributed by atoms with Gasteiger partial charge in [0.25, 0.3) is 0 Å². The predicted octanol–water partition coefficient (Wildman–Crippen LogP) is 4.27. The van der Waals surface area contributed by atoms with Gasteiger partial charge in [-0.3, -0.25) is 0 Å². The minimum absolute atomic E-state index is 0.920. The molecular weight excluding hydrogens is 222 g/mol. The van der Waals surface area contributed by atoms with Crippen molar-refractivity contribution in [2.45, 2.75) is 56.5 Å². The molecule has 0 spiro atoms. The van der Waals surface area contributed by atoms with Gasteiger partial charge < -0.3 is 0 Å². The Morgan fingerprint density at radius 3 is 3.00 bits per heavy atom. The van der Waals surface area contributed by atoms with Crippen LogP contribution in [0.4, 0.5) is 0 Å². The van der Waals surface area contributed by atoms with Gasteiger partial charge in [-0.2, -0.15) is 11.8 Å². The molecule has 1 aliphatic carbocycles. The average molecular weight is 241 g/mol. The first-order valence-electron chi connectivity index (χ1n) is 5.93. The normalized spacial score (nSPS) is 17.4. The van der Waals surface area contributed by atoms with E-state index in [1.54, 1.807) is 0 Å². The molecule has 0 radical (unpaired) electrons. The van der Waals surface area contributed by atoms with Crippen LogP contribution in [0, 0.1) is 0 Å². The summed E-state index contributed by atoms with van der Waals surface area (Å²) in [6, 6.07) is 0. The molecule has 0 aliphatic heterocycles. The lowest BCUT2D eigenvalue weighted by Gasteiger charge is -2.05. The molecule has 3 heteroatoms. The second-order valence-corrected chi connectivity index (χ2v) is 6.43. The Hall–Kier alpha value is -0.0200. The van der Waals surface area contributed by atoms with Crippen molar-refractivity contribution < 1.29 is 0 Å². The van der Waals surface area contributed by atoms with Crippen LogP contribution < -0.4 is 0 Å². The molecule has 0 N–H and O–H groups in total. The molecule has 0 aromatic carbocycles. The molecule has 1 nitrogen and oxygen atoms in total. The van der Waals surface area contributed by atoms with Crippen molar-refractivity contribution in [1.82, 2.24) is 4.98 Å². The second kappa shape index (κ2) is 5.90. The van der Waals surface area contributed by atoms with E-state index in [-0.39, 0.29) is 0 Å². The van der Waals surface area contributed by atoms with Gasteiger partial charge in [0.1, 0.15) is 5.01 Å². The van der Waals surface area contributed by atoms with Crippen LogP contribution in [0.25, 0.3) is 0 Å². The van der Waals surface area contributed by atoms with Crippen molar-refractivity contribution in [2.24, 2.45) is 0 Å². The molecule has 0 unspecified atom stereocenters. The van der Waals surface area contributed by atoms with Crippen molar-refractivity contribution in [3.05, 3.63) is 16.1 Å². The standard InChI is InChI=1S/C12H19NS2/c1-2-5-10-8-15-12(13-10)9-14-11-6-3-4-7-11/h8,11H,2-7,9H2,1H3. The zero-order valence-electron chi connectivity index (χ0n) is 9.37. The van der Waals surface area contributed by atoms with Gasteiger partial charge in [-0.05, 0) is 19.3 Å². The first-order valence-corrected chi connectivity index (χ1v) is 7.86. The van der Waals surface area contributed by atoms with Crippen LogP contribution in [0.15, 0.2) is 5.38 Å². The number of hydrogen-bond donors (Lipinski definition) is 0. The number of thioether (sulfide) groups is 1. The van der Waals surface area contributed by atoms with Crippen molar-refractivity contribution >= 4 is 23.1 Å². The second-order valence-electron chi connectivity index (χ2n) is 4.20. The highest BCUT2D eigenvalue weighted by Crippen LogP contribution is 2.32. The molecule has 0 amide bonds. The van der Waals surface area contributed by atoms with E-state index < -0.39 is 0 Å². The van der Waals surface area contributed by atoms with Gasteiger partial charge in [0.2, 0.25) is 0 Å². The number of rotatable bonds is 5. The molecule has 1 fully saturated rings. The summed E-state index contributed by atoms with van der Waals surface area (Å²) in [6.07, 6.45) is 8.09. The van der Waals surface area contributed by atoms with Gasteiger partial charge in [0.05, 0.1) is 5.69 Å². The molecule has 1 aromatic rings. The number of aryl methyl sites for hydroxylation is 1. The Bertz CT molecular complexity index is 290. The van der Waals surface area contributed by atoms with Crippen molar-refractivity contribution in [3.63, 3.8) is 0 Å². The maximum absolute atomic E-state index is 4.66. The SMILES string of the molecule is CCCc1csc(CSC2CCCC2)n1. The van der Waals surface area contributed by atoms with Crippen LogP contribution in [-0.4, -0.2) is 10.2 Å². The van der Waals surface area contributed by atoms with Crippen molar-refractivity contribution in [2.75, 3.05) is 0 Å². The molecule has 15 heavy (non-hydrogen) atoms. The van der Waals surface area contributed by atoms with Crippen LogP contribution >= 0.6 is 23.1 Å². The van der Waals surface area contributed by atoms with Crippen LogP contribution in [0.1, 0.15) is 49.7 Å². The Labute approximate surface area is 101 Å². The third-order valence-electron chi connectivity index (χ3n) is 2.85. The minimum atomic E-state index is 0.920. The Morgan fingerprint density at radius 2 is 2.27 bits per heavy atom. The number of thiazole rings is 1. The first kappa shape index (κ1) is 11.5. The summed E-state index contributed by atoms with van der Waals surface area (Å²) in [5, 5.41) is 4.48. The lowest BCUT2D eigenvalue weighted by atomic mass is 10.3. The van der Waals surface area contributed by atoms with Crippen LogP contribution in [-0.2, 0) is 12.2 Å². The van der Waals surface area contributed by atoms with E-state index in [4.69, 9.17) is 0 Å². The topological polar surface area (TPSA) is 12.9 Å². The van der Waals surface area contributed by atoms with E-state index >= 15 is 0 Å². The van der Waals surface area contributed by atoms with Gasteiger partial charge in [0, 0.05) is 16.4 Å². The highest BCUT2D eigenvalue weighted by atomic mass is 32.2. The molecule has 1 aromatic heterocycles. The Morgan fingerprint density at radius 1 is 1.47 bits per heavy atom. The quantitative estimate of drug-likeness (QED) is 0.763. The summed E-state index contributed by atoms with van der Waals surface area (Å²) in [7, 11) is 0. The fourth-order valence-corrected chi connectivity index (χ4v) is 4.23. The Balaban J connectivity index is 1.77. The average Bonchev–Trinajstić information content (AvgIpc) is 2.85. The van der Waals surface area contributed by atoms with E-state index in [9.17, 15) is 0 Å². The fourth-order valence-electron chi connectivity index (χ4n) is 2.03. The lowest BCUT2D eigenvalue weighted by molar-refractivity contribution is 0.884. The maximum Gasteiger partial charge on any atom is 0.103 e. The molecule has 1 saturated carbocycles. The zero-order chi connectivity index (χ0) is 10.5. The number of nitrogens with zero attached hydrogens (tertiary/aromatic N) is 1. The maximum atomic E-state index is 4.66. The molecular formula is C12H19NS2. The summed E-state index contributed by atoms with van der Waals surface area (Å²) >= 11 is 3.96. The Kier molecular flexibility index (Phi) is 4.51. The largest absolute Gasteiger partial charge is 0.245 e. The predicted molar refractivity (Wildman–Crippen MR) is 69.7 cm³/mol. The molecule has 0 atom stereocenters. The van der Waals surface area contributed by atoms with Crippen LogP contribution in [0.5, 0.6) is 0 Å². The molecule has 0 bridgehead atoms. The van der Waals surface area contributed by atoms with Gasteiger partial charge in [-0.25, -0.2) is 4.98 Å². The highest BCUT2D eigenvalue weighted by molar-refractivity contribution is 7.99. The van der Waals surface area contributed by atoms with Gasteiger partial charge in [0.15, 0.2) is 0 Å². The van der Waals surface area contributed by atoms with E-state index in [1.807, 2.05) is 11.3 Å². The third kappa shape index (κ3) is 3.49. The highest BCUT2D eigenvalue weighted by Gasteiger charge is 2.15. The minimum Gasteiger partial charge on any atom is -0.245 e. The molecule has 1 aliphatic rings. The summed E-state index contributed by atoms with van der Waals surface area (Å²) in [5.41, 5.74) is 1.30. The zero-order valence-corrected chi connectivity index (χ0v) is 11.0. The molecule has 0 saturated heterocycles. The van der Waals surface area contributed by atoms with Crippen LogP contribution in [0.2, 0.25) is 0 Å². The first-order chi connectivity index (χ1) is 7.38. The van der Waals surface area contributed by atoms with Gasteiger partial charge in [-0.15, -0.1) is 11.3 Å². The van der Waals surface area contributed by atoms with Gasteiger partial charge >= 0.3 is 0 Å². The van der Waals surface area contributed by atoms with E-state index in [0.29, 0.717) is 0 Å². The summed E-state index contributed by atoms with van der Waals surface area (Å²) in [6.45, 7) is 2.21.